The molecule has 0 bridgehead atoms. The number of rotatable bonds is 3. The zero-order valence-corrected chi connectivity index (χ0v) is 9.23. The molecule has 13 heavy (non-hydrogen) atoms. The molecule has 0 fully saturated rings. The molecule has 1 rings (SSSR count). The number of hydrogen-bond donors (Lipinski definition) is 0. The van der Waals surface area contributed by atoms with Crippen LogP contribution in [0.25, 0.3) is 0 Å². The van der Waals surface area contributed by atoms with E-state index >= 15 is 0 Å². The number of alkyl halides is 1. The third-order valence-corrected chi connectivity index (χ3v) is 2.64. The fourth-order valence-corrected chi connectivity index (χ4v) is 1.34. The van der Waals surface area contributed by atoms with E-state index in [9.17, 15) is 0 Å². The fraction of sp³-hybridized carbons (Fsp3) is 0.455. The molecular weight excluding hydrogens is 182 g/mol. The van der Waals surface area contributed by atoms with Gasteiger partial charge in [-0.2, -0.15) is 0 Å². The van der Waals surface area contributed by atoms with Crippen LogP contribution < -0.4 is 0 Å². The van der Waals surface area contributed by atoms with Crippen molar-refractivity contribution in [3.8, 4) is 0 Å². The highest BCUT2D eigenvalue weighted by molar-refractivity contribution is 6.17. The van der Waals surface area contributed by atoms with Gasteiger partial charge in [-0.05, 0) is 37.6 Å². The van der Waals surface area contributed by atoms with Gasteiger partial charge in [0, 0.05) is 6.54 Å². The maximum atomic E-state index is 5.70. The van der Waals surface area contributed by atoms with E-state index < -0.39 is 0 Å². The summed E-state index contributed by atoms with van der Waals surface area (Å²) in [6.45, 7) is 5.19. The maximum absolute atomic E-state index is 5.70. The van der Waals surface area contributed by atoms with Crippen LogP contribution in [-0.4, -0.2) is 18.0 Å². The maximum Gasteiger partial charge on any atom is 0.0738 e. The number of halogens is 1. The largest absolute Gasteiger partial charge is 0.289 e. The Labute approximate surface area is 85.3 Å². The van der Waals surface area contributed by atoms with Gasteiger partial charge in [0.15, 0.2) is 0 Å². The molecule has 0 aliphatic heterocycles. The van der Waals surface area contributed by atoms with E-state index in [1.54, 1.807) is 0 Å². The number of aryl methyl sites for hydroxylation is 2. The molecule has 0 radical (unpaired) electrons. The highest BCUT2D eigenvalue weighted by atomic mass is 35.5. The van der Waals surface area contributed by atoms with Crippen LogP contribution in [0.3, 0.4) is 0 Å². The van der Waals surface area contributed by atoms with Gasteiger partial charge in [-0.15, -0.1) is 11.6 Å². The topological polar surface area (TPSA) is 3.24 Å². The lowest BCUT2D eigenvalue weighted by molar-refractivity contribution is 0.382. The zero-order chi connectivity index (χ0) is 9.84. The first kappa shape index (κ1) is 10.6. The molecule has 1 nitrogen and oxygen atoms in total. The Hall–Kier alpha value is -0.530. The molecule has 0 saturated carbocycles. The van der Waals surface area contributed by atoms with Gasteiger partial charge in [0.1, 0.15) is 0 Å². The van der Waals surface area contributed by atoms with E-state index in [1.165, 1.54) is 16.7 Å². The monoisotopic (exact) mass is 197 g/mol. The van der Waals surface area contributed by atoms with Crippen molar-refractivity contribution in [3.63, 3.8) is 0 Å². The second kappa shape index (κ2) is 4.64. The lowest BCUT2D eigenvalue weighted by atomic mass is 10.1. The molecule has 72 valence electrons. The Morgan fingerprint density at radius 1 is 1.23 bits per heavy atom. The average molecular weight is 198 g/mol. The van der Waals surface area contributed by atoms with E-state index in [4.69, 9.17) is 11.6 Å². The van der Waals surface area contributed by atoms with Gasteiger partial charge in [0.25, 0.3) is 0 Å². The third-order valence-electron chi connectivity index (χ3n) is 2.23. The number of hydrogen-bond acceptors (Lipinski definition) is 1. The van der Waals surface area contributed by atoms with Crippen molar-refractivity contribution in [2.24, 2.45) is 0 Å². The van der Waals surface area contributed by atoms with Crippen molar-refractivity contribution in [1.29, 1.82) is 0 Å². The lowest BCUT2D eigenvalue weighted by Crippen LogP contribution is -2.15. The Morgan fingerprint density at radius 2 is 1.92 bits per heavy atom. The smallest absolute Gasteiger partial charge is 0.0738 e. The van der Waals surface area contributed by atoms with Gasteiger partial charge in [0.05, 0.1) is 6.00 Å². The summed E-state index contributed by atoms with van der Waals surface area (Å²) in [4.78, 5) is 2.08. The summed E-state index contributed by atoms with van der Waals surface area (Å²) in [6, 6.07) is 7.11. The summed E-state index contributed by atoms with van der Waals surface area (Å²) in [5.41, 5.74) is 4.02. The SMILES string of the molecule is Cc1ccc(CN(C)CCl)cc1C. The van der Waals surface area contributed by atoms with Crippen LogP contribution in [0.5, 0.6) is 0 Å². The molecule has 0 amide bonds. The van der Waals surface area contributed by atoms with E-state index in [2.05, 4.69) is 36.9 Å². The van der Waals surface area contributed by atoms with Gasteiger partial charge in [0.2, 0.25) is 0 Å². The molecule has 1 aromatic carbocycles. The summed E-state index contributed by atoms with van der Waals surface area (Å²) >= 11 is 5.70. The summed E-state index contributed by atoms with van der Waals surface area (Å²) in [7, 11) is 2.02. The molecule has 2 heteroatoms. The van der Waals surface area contributed by atoms with Crippen LogP contribution in [-0.2, 0) is 6.54 Å². The number of nitrogens with zero attached hydrogens (tertiary/aromatic N) is 1. The summed E-state index contributed by atoms with van der Waals surface area (Å²) < 4.78 is 0. The van der Waals surface area contributed by atoms with Crippen LogP contribution in [0.1, 0.15) is 16.7 Å². The quantitative estimate of drug-likeness (QED) is 0.532. The van der Waals surface area contributed by atoms with Crippen molar-refractivity contribution in [1.82, 2.24) is 4.90 Å². The van der Waals surface area contributed by atoms with Gasteiger partial charge in [-0.3, -0.25) is 4.90 Å². The normalized spacial score (nSPS) is 10.8. The average Bonchev–Trinajstić information content (AvgIpc) is 2.11. The van der Waals surface area contributed by atoms with Crippen LogP contribution >= 0.6 is 11.6 Å². The Morgan fingerprint density at radius 3 is 2.46 bits per heavy atom. The second-order valence-corrected chi connectivity index (χ2v) is 3.79. The second-order valence-electron chi connectivity index (χ2n) is 3.55. The minimum absolute atomic E-state index is 0.576. The fourth-order valence-electron chi connectivity index (χ4n) is 1.26. The Bertz CT molecular complexity index is 283. The molecular formula is C11H16ClN. The molecule has 0 atom stereocenters. The molecule has 0 aliphatic carbocycles. The van der Waals surface area contributed by atoms with Crippen molar-refractivity contribution in [3.05, 3.63) is 34.9 Å². The molecule has 0 spiro atoms. The predicted octanol–water partition coefficient (Wildman–Crippen LogP) is 2.93. The summed E-state index contributed by atoms with van der Waals surface area (Å²) in [5, 5.41) is 0. The summed E-state index contributed by atoms with van der Waals surface area (Å²) in [5.74, 6) is 0. The summed E-state index contributed by atoms with van der Waals surface area (Å²) in [6.07, 6.45) is 0. The highest BCUT2D eigenvalue weighted by Crippen LogP contribution is 2.11. The Balaban J connectivity index is 2.73. The van der Waals surface area contributed by atoms with Crippen LogP contribution in [0.15, 0.2) is 18.2 Å². The van der Waals surface area contributed by atoms with Crippen molar-refractivity contribution in [2.45, 2.75) is 20.4 Å². The highest BCUT2D eigenvalue weighted by Gasteiger charge is 1.99. The van der Waals surface area contributed by atoms with Gasteiger partial charge in [-0.25, -0.2) is 0 Å². The Kier molecular flexibility index (Phi) is 3.76. The van der Waals surface area contributed by atoms with Crippen molar-refractivity contribution in [2.75, 3.05) is 13.1 Å². The zero-order valence-electron chi connectivity index (χ0n) is 8.47. The van der Waals surface area contributed by atoms with Crippen molar-refractivity contribution >= 4 is 11.6 Å². The molecule has 0 aromatic heterocycles. The first-order valence-corrected chi connectivity index (χ1v) is 4.97. The van der Waals surface area contributed by atoms with Gasteiger partial charge >= 0.3 is 0 Å². The third kappa shape index (κ3) is 3.02. The lowest BCUT2D eigenvalue weighted by Gasteiger charge is -2.13. The standard InChI is InChI=1S/C11H16ClN/c1-9-4-5-11(6-10(9)2)7-13(3)8-12/h4-6H,7-8H2,1-3H3. The minimum Gasteiger partial charge on any atom is -0.289 e. The van der Waals surface area contributed by atoms with E-state index in [1.807, 2.05) is 7.05 Å². The van der Waals surface area contributed by atoms with Crippen LogP contribution in [0.4, 0.5) is 0 Å². The molecule has 0 aliphatic rings. The first-order chi connectivity index (χ1) is 6.13. The molecule has 0 saturated heterocycles. The minimum atomic E-state index is 0.576. The van der Waals surface area contributed by atoms with E-state index in [0.717, 1.165) is 6.54 Å². The van der Waals surface area contributed by atoms with Crippen LogP contribution in [0.2, 0.25) is 0 Å². The predicted molar refractivity (Wildman–Crippen MR) is 58.1 cm³/mol. The van der Waals surface area contributed by atoms with Crippen LogP contribution in [0, 0.1) is 13.8 Å². The molecule has 0 heterocycles. The van der Waals surface area contributed by atoms with E-state index in [-0.39, 0.29) is 0 Å². The van der Waals surface area contributed by atoms with Gasteiger partial charge in [-0.1, -0.05) is 18.2 Å². The number of benzene rings is 1. The van der Waals surface area contributed by atoms with E-state index in [0.29, 0.717) is 6.00 Å². The van der Waals surface area contributed by atoms with Gasteiger partial charge < -0.3 is 0 Å². The first-order valence-electron chi connectivity index (χ1n) is 4.44. The molecule has 1 aromatic rings. The molecule has 0 unspecified atom stereocenters. The van der Waals surface area contributed by atoms with Crippen molar-refractivity contribution < 1.29 is 0 Å². The molecule has 0 N–H and O–H groups in total.